The average molecular weight is 413 g/mol. The Kier molecular flexibility index (Phi) is 5.98. The summed E-state index contributed by atoms with van der Waals surface area (Å²) in [4.78, 5) is 12.1. The highest BCUT2D eigenvalue weighted by Crippen LogP contribution is 2.23. The van der Waals surface area contributed by atoms with E-state index in [4.69, 9.17) is 4.74 Å². The number of ether oxygens (including phenoxy) is 1. The summed E-state index contributed by atoms with van der Waals surface area (Å²) in [6.07, 6.45) is 0. The van der Waals surface area contributed by atoms with Crippen molar-refractivity contribution in [2.75, 3.05) is 26.0 Å². The molecule has 0 aliphatic carbocycles. The molecular weight excluding hydrogens is 396 g/mol. The number of carbonyl (C=O) groups excluding carboxylic acids is 1. The first kappa shape index (κ1) is 18.4. The lowest BCUT2D eigenvalue weighted by molar-refractivity contribution is -0.118. The van der Waals surface area contributed by atoms with Crippen LogP contribution in [0.15, 0.2) is 57.9 Å². The third-order valence-electron chi connectivity index (χ3n) is 3.11. The lowest BCUT2D eigenvalue weighted by Gasteiger charge is -2.12. The highest BCUT2D eigenvalue weighted by molar-refractivity contribution is 9.10. The molecule has 1 N–H and O–H groups in total. The molecule has 0 atom stereocenters. The normalized spacial score (nSPS) is 11.3. The van der Waals surface area contributed by atoms with E-state index in [2.05, 4.69) is 21.2 Å². The zero-order valence-corrected chi connectivity index (χ0v) is 15.6. The molecule has 128 valence electrons. The zero-order valence-electron chi connectivity index (χ0n) is 13.2. The Morgan fingerprint density at radius 1 is 1.12 bits per heavy atom. The fourth-order valence-corrected chi connectivity index (χ4v) is 3.12. The van der Waals surface area contributed by atoms with Crippen LogP contribution in [0.2, 0.25) is 0 Å². The van der Waals surface area contributed by atoms with E-state index in [-0.39, 0.29) is 17.4 Å². The second kappa shape index (κ2) is 7.78. The largest absolute Gasteiger partial charge is 0.483 e. The van der Waals surface area contributed by atoms with Gasteiger partial charge >= 0.3 is 0 Å². The molecule has 8 heteroatoms. The third-order valence-corrected chi connectivity index (χ3v) is 5.60. The third kappa shape index (κ3) is 4.56. The molecule has 2 rings (SSSR count). The molecule has 0 unspecified atom stereocenters. The van der Waals surface area contributed by atoms with Crippen molar-refractivity contribution >= 4 is 37.5 Å². The minimum atomic E-state index is -3.48. The lowest BCUT2D eigenvalue weighted by Crippen LogP contribution is -2.22. The van der Waals surface area contributed by atoms with Crippen LogP contribution in [-0.2, 0) is 14.8 Å². The van der Waals surface area contributed by atoms with Gasteiger partial charge in [-0.2, -0.15) is 0 Å². The number of sulfonamides is 1. The molecule has 24 heavy (non-hydrogen) atoms. The van der Waals surface area contributed by atoms with Gasteiger partial charge in [0, 0.05) is 19.8 Å². The zero-order chi connectivity index (χ0) is 17.7. The van der Waals surface area contributed by atoms with Crippen LogP contribution < -0.4 is 10.1 Å². The van der Waals surface area contributed by atoms with Gasteiger partial charge < -0.3 is 10.1 Å². The van der Waals surface area contributed by atoms with Gasteiger partial charge in [0.1, 0.15) is 5.75 Å². The van der Waals surface area contributed by atoms with Crippen molar-refractivity contribution in [1.29, 1.82) is 0 Å². The molecule has 0 radical (unpaired) electrons. The molecule has 2 aromatic carbocycles. The molecule has 0 aromatic heterocycles. The molecule has 2 aromatic rings. The summed E-state index contributed by atoms with van der Waals surface area (Å²) in [5.41, 5.74) is 0.494. The van der Waals surface area contributed by atoms with Crippen molar-refractivity contribution in [3.05, 3.63) is 53.0 Å². The molecule has 0 aliphatic rings. The molecule has 0 saturated heterocycles. The van der Waals surface area contributed by atoms with E-state index in [1.165, 1.54) is 38.4 Å². The van der Waals surface area contributed by atoms with E-state index in [1.807, 2.05) is 18.2 Å². The summed E-state index contributed by atoms with van der Waals surface area (Å²) in [7, 11) is -0.558. The Bertz CT molecular complexity index is 820. The first-order valence-corrected chi connectivity index (χ1v) is 9.24. The fraction of sp³-hybridized carbons (Fsp3) is 0.188. The molecular formula is C16H17BrN2O4S. The van der Waals surface area contributed by atoms with Crippen molar-refractivity contribution in [2.45, 2.75) is 4.90 Å². The summed E-state index contributed by atoms with van der Waals surface area (Å²) >= 11 is 3.33. The molecule has 0 spiro atoms. The van der Waals surface area contributed by atoms with Crippen LogP contribution in [0.3, 0.4) is 0 Å². The Labute approximate surface area is 149 Å². The van der Waals surface area contributed by atoms with Crippen LogP contribution >= 0.6 is 15.9 Å². The Hall–Kier alpha value is -1.90. The van der Waals surface area contributed by atoms with Crippen LogP contribution in [0.1, 0.15) is 0 Å². The summed E-state index contributed by atoms with van der Waals surface area (Å²) in [6.45, 7) is -0.152. The predicted octanol–water partition coefficient (Wildman–Crippen LogP) is 2.72. The topological polar surface area (TPSA) is 75.7 Å². The number of nitrogens with one attached hydrogen (secondary N) is 1. The quantitative estimate of drug-likeness (QED) is 0.790. The number of nitrogens with zero attached hydrogens (tertiary/aromatic N) is 1. The maximum Gasteiger partial charge on any atom is 0.262 e. The van der Waals surface area contributed by atoms with E-state index < -0.39 is 10.0 Å². The summed E-state index contributed by atoms with van der Waals surface area (Å²) in [5.74, 6) is 0.231. The molecule has 0 saturated carbocycles. The minimum Gasteiger partial charge on any atom is -0.483 e. The van der Waals surface area contributed by atoms with Crippen molar-refractivity contribution in [3.63, 3.8) is 0 Å². The van der Waals surface area contributed by atoms with Gasteiger partial charge in [0.25, 0.3) is 5.91 Å². The molecule has 0 aliphatic heterocycles. The van der Waals surface area contributed by atoms with Gasteiger partial charge in [-0.15, -0.1) is 0 Å². The van der Waals surface area contributed by atoms with Crippen LogP contribution in [0.4, 0.5) is 5.69 Å². The first-order valence-electron chi connectivity index (χ1n) is 7.00. The van der Waals surface area contributed by atoms with Crippen LogP contribution in [0.25, 0.3) is 0 Å². The number of hydrogen-bond donors (Lipinski definition) is 1. The smallest absolute Gasteiger partial charge is 0.262 e. The standard InChI is InChI=1S/C16H17BrN2O4S/c1-19(2)24(21,22)13-9-7-12(8-10-13)18-16(20)11-23-15-6-4-3-5-14(15)17/h3-10H,11H2,1-2H3,(H,18,20). The van der Waals surface area contributed by atoms with Gasteiger partial charge in [-0.25, -0.2) is 12.7 Å². The SMILES string of the molecule is CN(C)S(=O)(=O)c1ccc(NC(=O)COc2ccccc2Br)cc1. The average Bonchev–Trinajstić information content (AvgIpc) is 2.54. The van der Waals surface area contributed by atoms with E-state index >= 15 is 0 Å². The Morgan fingerprint density at radius 2 is 1.75 bits per heavy atom. The second-order valence-corrected chi connectivity index (χ2v) is 8.09. The van der Waals surface area contributed by atoms with E-state index in [0.717, 1.165) is 8.78 Å². The lowest BCUT2D eigenvalue weighted by atomic mass is 10.3. The monoisotopic (exact) mass is 412 g/mol. The number of para-hydroxylation sites is 1. The number of amides is 1. The fourth-order valence-electron chi connectivity index (χ4n) is 1.82. The highest BCUT2D eigenvalue weighted by atomic mass is 79.9. The Morgan fingerprint density at radius 3 is 2.33 bits per heavy atom. The number of halogens is 1. The maximum atomic E-state index is 12.0. The number of rotatable bonds is 6. The molecule has 0 heterocycles. The predicted molar refractivity (Wildman–Crippen MR) is 95.6 cm³/mol. The van der Waals surface area contributed by atoms with Crippen molar-refractivity contribution in [2.24, 2.45) is 0 Å². The maximum absolute atomic E-state index is 12.0. The van der Waals surface area contributed by atoms with Crippen molar-refractivity contribution < 1.29 is 17.9 Å². The number of hydrogen-bond acceptors (Lipinski definition) is 4. The summed E-state index contributed by atoms with van der Waals surface area (Å²) in [5, 5.41) is 2.65. The number of carbonyl (C=O) groups is 1. The van der Waals surface area contributed by atoms with Crippen molar-refractivity contribution in [3.8, 4) is 5.75 Å². The molecule has 1 amide bonds. The van der Waals surface area contributed by atoms with Gasteiger partial charge in [-0.3, -0.25) is 4.79 Å². The minimum absolute atomic E-state index is 0.152. The Balaban J connectivity index is 1.96. The van der Waals surface area contributed by atoms with E-state index in [1.54, 1.807) is 6.07 Å². The number of benzene rings is 2. The summed E-state index contributed by atoms with van der Waals surface area (Å²) in [6, 6.07) is 13.2. The number of anilines is 1. The van der Waals surface area contributed by atoms with E-state index in [9.17, 15) is 13.2 Å². The first-order chi connectivity index (χ1) is 11.3. The highest BCUT2D eigenvalue weighted by Gasteiger charge is 2.16. The van der Waals surface area contributed by atoms with Crippen LogP contribution in [-0.4, -0.2) is 39.3 Å². The van der Waals surface area contributed by atoms with Gasteiger partial charge in [0.05, 0.1) is 9.37 Å². The second-order valence-electron chi connectivity index (χ2n) is 5.08. The van der Waals surface area contributed by atoms with Gasteiger partial charge in [-0.1, -0.05) is 12.1 Å². The molecule has 0 bridgehead atoms. The van der Waals surface area contributed by atoms with Gasteiger partial charge in [0.2, 0.25) is 10.0 Å². The van der Waals surface area contributed by atoms with Gasteiger partial charge in [-0.05, 0) is 52.3 Å². The van der Waals surface area contributed by atoms with Crippen LogP contribution in [0.5, 0.6) is 5.75 Å². The van der Waals surface area contributed by atoms with Crippen molar-refractivity contribution in [1.82, 2.24) is 4.31 Å². The molecule has 0 fully saturated rings. The van der Waals surface area contributed by atoms with Crippen LogP contribution in [0, 0.1) is 0 Å². The summed E-state index contributed by atoms with van der Waals surface area (Å²) < 4.78 is 31.3. The van der Waals surface area contributed by atoms with Gasteiger partial charge in [0.15, 0.2) is 6.61 Å². The van der Waals surface area contributed by atoms with E-state index in [0.29, 0.717) is 11.4 Å². The molecule has 6 nitrogen and oxygen atoms in total.